The topological polar surface area (TPSA) is 60.5 Å². The molecule has 2 aromatic carbocycles. The fourth-order valence-electron chi connectivity index (χ4n) is 2.42. The zero-order chi connectivity index (χ0) is 16.3. The van der Waals surface area contributed by atoms with Gasteiger partial charge in [-0.2, -0.15) is 0 Å². The van der Waals surface area contributed by atoms with Gasteiger partial charge in [-0.25, -0.2) is 14.6 Å². The van der Waals surface area contributed by atoms with Gasteiger partial charge in [0.2, 0.25) is 0 Å². The summed E-state index contributed by atoms with van der Waals surface area (Å²) in [5, 5.41) is 4.77. The molecule has 1 aromatic heterocycles. The molecule has 120 valence electrons. The molecule has 3 rings (SSSR count). The van der Waals surface area contributed by atoms with E-state index in [1.807, 2.05) is 49.4 Å². The molecule has 0 aliphatic heterocycles. The van der Waals surface area contributed by atoms with Crippen LogP contribution in [0.5, 0.6) is 5.75 Å². The first-order valence-electron chi connectivity index (χ1n) is 7.62. The lowest BCUT2D eigenvalue weighted by atomic mass is 10.1. The van der Waals surface area contributed by atoms with Gasteiger partial charge < -0.3 is 4.52 Å². The predicted molar refractivity (Wildman–Crippen MR) is 92.8 cm³/mol. The van der Waals surface area contributed by atoms with Gasteiger partial charge in [-0.15, -0.1) is 0 Å². The summed E-state index contributed by atoms with van der Waals surface area (Å²) in [6.07, 6.45) is 0. The average Bonchev–Trinajstić information content (AvgIpc) is 2.53. The van der Waals surface area contributed by atoms with E-state index in [2.05, 4.69) is 10.1 Å². The van der Waals surface area contributed by atoms with E-state index in [1.54, 1.807) is 13.0 Å². The molecule has 0 saturated heterocycles. The Hall–Kier alpha value is -1.94. The summed E-state index contributed by atoms with van der Waals surface area (Å²) in [6, 6.07) is 15.4. The second kappa shape index (κ2) is 6.67. The van der Waals surface area contributed by atoms with Crippen LogP contribution in [0.4, 0.5) is 0 Å². The van der Waals surface area contributed by atoms with E-state index in [-0.39, 0.29) is 0 Å². The Bertz CT molecular complexity index is 872. The van der Waals surface area contributed by atoms with Gasteiger partial charge in [-0.05, 0) is 37.3 Å². The summed E-state index contributed by atoms with van der Waals surface area (Å²) in [5.74, 6) is 0.493. The molecule has 5 nitrogen and oxygen atoms in total. The van der Waals surface area contributed by atoms with Gasteiger partial charge in [0.25, 0.3) is 0 Å². The molecular formula is C17H19N2O3P. The molecular weight excluding hydrogens is 311 g/mol. The minimum atomic E-state index is -3.34. The number of hydrogen-bond acceptors (Lipinski definition) is 4. The molecule has 0 saturated carbocycles. The van der Waals surface area contributed by atoms with Crippen LogP contribution in [-0.4, -0.2) is 18.1 Å². The Labute approximate surface area is 135 Å². The molecule has 1 unspecified atom stereocenters. The maximum Gasteiger partial charge on any atom is 0.458 e. The smallest absolute Gasteiger partial charge is 0.413 e. The Morgan fingerprint density at radius 1 is 1.04 bits per heavy atom. The van der Waals surface area contributed by atoms with Crippen molar-refractivity contribution in [3.8, 4) is 5.75 Å². The molecule has 0 fully saturated rings. The quantitative estimate of drug-likeness (QED) is 0.532. The highest BCUT2D eigenvalue weighted by Crippen LogP contribution is 2.44. The number of para-hydroxylation sites is 1. The van der Waals surface area contributed by atoms with E-state index in [0.717, 1.165) is 21.8 Å². The number of fused-ring (bicyclic) bond motifs is 2. The normalized spacial score (nSPS) is 14.0. The van der Waals surface area contributed by atoms with Crippen molar-refractivity contribution in [3.05, 3.63) is 48.5 Å². The molecule has 1 heterocycles. The minimum Gasteiger partial charge on any atom is -0.413 e. The molecule has 23 heavy (non-hydrogen) atoms. The Morgan fingerprint density at radius 2 is 1.83 bits per heavy atom. The number of nitrogens with zero attached hydrogens (tertiary/aromatic N) is 1. The van der Waals surface area contributed by atoms with Crippen molar-refractivity contribution < 1.29 is 13.6 Å². The molecule has 0 spiro atoms. The van der Waals surface area contributed by atoms with E-state index in [9.17, 15) is 4.57 Å². The molecule has 6 heteroatoms. The molecule has 0 amide bonds. The molecule has 0 bridgehead atoms. The number of aromatic nitrogens is 1. The minimum absolute atomic E-state index is 0.310. The third kappa shape index (κ3) is 3.53. The van der Waals surface area contributed by atoms with Crippen molar-refractivity contribution in [2.45, 2.75) is 13.8 Å². The lowest BCUT2D eigenvalue weighted by Gasteiger charge is -2.18. The van der Waals surface area contributed by atoms with E-state index in [1.165, 1.54) is 0 Å². The van der Waals surface area contributed by atoms with Gasteiger partial charge in [0.15, 0.2) is 0 Å². The number of pyridine rings is 1. The van der Waals surface area contributed by atoms with Gasteiger partial charge in [-0.1, -0.05) is 25.1 Å². The van der Waals surface area contributed by atoms with Crippen LogP contribution < -0.4 is 9.61 Å². The first-order valence-corrected chi connectivity index (χ1v) is 9.16. The van der Waals surface area contributed by atoms with Gasteiger partial charge in [0.1, 0.15) is 5.75 Å². The third-order valence-electron chi connectivity index (χ3n) is 3.36. The zero-order valence-electron chi connectivity index (χ0n) is 13.2. The van der Waals surface area contributed by atoms with Gasteiger partial charge >= 0.3 is 7.75 Å². The maximum atomic E-state index is 12.6. The van der Waals surface area contributed by atoms with Crippen molar-refractivity contribution in [2.75, 3.05) is 13.2 Å². The van der Waals surface area contributed by atoms with Crippen LogP contribution in [0.25, 0.3) is 21.8 Å². The summed E-state index contributed by atoms with van der Waals surface area (Å²) >= 11 is 0. The van der Waals surface area contributed by atoms with Gasteiger partial charge in [0, 0.05) is 17.3 Å². The zero-order valence-corrected chi connectivity index (χ0v) is 14.0. The van der Waals surface area contributed by atoms with E-state index in [4.69, 9.17) is 9.05 Å². The maximum absolute atomic E-state index is 12.6. The van der Waals surface area contributed by atoms with Crippen molar-refractivity contribution in [1.82, 2.24) is 10.1 Å². The standard InChI is InChI=1S/C17H19N2O3P/c1-3-18-23(20,21-4-2)22-15-9-10-17-14(12-15)11-13-7-5-6-8-16(13)19-17/h5-12H,3-4H2,1-2H3,(H,18,20). The summed E-state index contributed by atoms with van der Waals surface area (Å²) in [4.78, 5) is 4.62. The van der Waals surface area contributed by atoms with Crippen molar-refractivity contribution >= 4 is 29.6 Å². The number of hydrogen-bond donors (Lipinski definition) is 1. The monoisotopic (exact) mass is 330 g/mol. The Kier molecular flexibility index (Phi) is 4.62. The second-order valence-electron chi connectivity index (χ2n) is 5.05. The third-order valence-corrected chi connectivity index (χ3v) is 5.12. The molecule has 0 aliphatic carbocycles. The van der Waals surface area contributed by atoms with E-state index >= 15 is 0 Å². The number of nitrogens with one attached hydrogen (secondary N) is 1. The molecule has 3 aromatic rings. The number of rotatable bonds is 6. The summed E-state index contributed by atoms with van der Waals surface area (Å²) < 4.78 is 23.4. The highest BCUT2D eigenvalue weighted by atomic mass is 31.2. The molecule has 0 radical (unpaired) electrons. The molecule has 0 aliphatic rings. The number of benzene rings is 2. The SMILES string of the molecule is CCNP(=O)(OCC)Oc1ccc2nc3ccccc3cc2c1. The second-order valence-corrected chi connectivity index (χ2v) is 6.81. The van der Waals surface area contributed by atoms with Crippen molar-refractivity contribution in [2.24, 2.45) is 0 Å². The largest absolute Gasteiger partial charge is 0.458 e. The van der Waals surface area contributed by atoms with E-state index in [0.29, 0.717) is 18.9 Å². The van der Waals surface area contributed by atoms with Gasteiger partial charge in [-0.3, -0.25) is 4.52 Å². The summed E-state index contributed by atoms with van der Waals surface area (Å²) in [7, 11) is -3.34. The molecule has 1 N–H and O–H groups in total. The average molecular weight is 330 g/mol. The van der Waals surface area contributed by atoms with Crippen molar-refractivity contribution in [3.63, 3.8) is 0 Å². The molecule has 1 atom stereocenters. The first-order chi connectivity index (χ1) is 11.1. The van der Waals surface area contributed by atoms with Crippen LogP contribution >= 0.6 is 7.75 Å². The highest BCUT2D eigenvalue weighted by molar-refractivity contribution is 7.52. The van der Waals surface area contributed by atoms with Crippen LogP contribution in [0.3, 0.4) is 0 Å². The van der Waals surface area contributed by atoms with Crippen LogP contribution in [-0.2, 0) is 9.09 Å². The summed E-state index contributed by atoms with van der Waals surface area (Å²) in [6.45, 7) is 4.44. The highest BCUT2D eigenvalue weighted by Gasteiger charge is 2.24. The summed E-state index contributed by atoms with van der Waals surface area (Å²) in [5.41, 5.74) is 1.81. The van der Waals surface area contributed by atoms with Crippen LogP contribution in [0.1, 0.15) is 13.8 Å². The van der Waals surface area contributed by atoms with Crippen molar-refractivity contribution in [1.29, 1.82) is 0 Å². The fraction of sp³-hybridized carbons (Fsp3) is 0.235. The van der Waals surface area contributed by atoms with E-state index < -0.39 is 7.75 Å². The lowest BCUT2D eigenvalue weighted by molar-refractivity contribution is 0.270. The van der Waals surface area contributed by atoms with Crippen LogP contribution in [0.2, 0.25) is 0 Å². The lowest BCUT2D eigenvalue weighted by Crippen LogP contribution is -2.16. The van der Waals surface area contributed by atoms with Crippen LogP contribution in [0.15, 0.2) is 48.5 Å². The Morgan fingerprint density at radius 3 is 2.61 bits per heavy atom. The predicted octanol–water partition coefficient (Wildman–Crippen LogP) is 4.52. The Balaban J connectivity index is 1.98. The van der Waals surface area contributed by atoms with Crippen LogP contribution in [0, 0.1) is 0 Å². The van der Waals surface area contributed by atoms with Gasteiger partial charge in [0.05, 0.1) is 17.6 Å². The first kappa shape index (κ1) is 15.9. The fourth-order valence-corrected chi connectivity index (χ4v) is 3.75.